The standard InChI is InChI=1S/C22H14N2/c1-2-6-18-15(5-1)9-10-16-13-17(11-12-19(16)18)22-20-7-3-4-8-21(20)23-14-24-22/h1-14H. The molecule has 0 atom stereocenters. The molecule has 0 aliphatic heterocycles. The van der Waals surface area contributed by atoms with Gasteiger partial charge in [-0.2, -0.15) is 0 Å². The van der Waals surface area contributed by atoms with Gasteiger partial charge in [-0.3, -0.25) is 0 Å². The third-order valence-electron chi connectivity index (χ3n) is 4.56. The van der Waals surface area contributed by atoms with Gasteiger partial charge in [0, 0.05) is 10.9 Å². The Bertz CT molecular complexity index is 1200. The summed E-state index contributed by atoms with van der Waals surface area (Å²) in [6, 6.07) is 27.6. The summed E-state index contributed by atoms with van der Waals surface area (Å²) in [5.74, 6) is 0. The summed E-state index contributed by atoms with van der Waals surface area (Å²) in [6.45, 7) is 0. The lowest BCUT2D eigenvalue weighted by molar-refractivity contribution is 1.23. The first kappa shape index (κ1) is 13.2. The second kappa shape index (κ2) is 5.14. The van der Waals surface area contributed by atoms with Crippen LogP contribution in [0, 0.1) is 0 Å². The van der Waals surface area contributed by atoms with Gasteiger partial charge in [0.05, 0.1) is 11.2 Å². The molecule has 0 spiro atoms. The number of hydrogen-bond donors (Lipinski definition) is 0. The van der Waals surface area contributed by atoms with Crippen molar-refractivity contribution in [1.82, 2.24) is 9.97 Å². The summed E-state index contributed by atoms with van der Waals surface area (Å²) in [4.78, 5) is 8.89. The quantitative estimate of drug-likeness (QED) is 0.376. The van der Waals surface area contributed by atoms with Gasteiger partial charge in [-0.05, 0) is 33.7 Å². The molecule has 0 radical (unpaired) electrons. The maximum Gasteiger partial charge on any atom is 0.116 e. The van der Waals surface area contributed by atoms with E-state index in [1.807, 2.05) is 18.2 Å². The average Bonchev–Trinajstić information content (AvgIpc) is 2.67. The summed E-state index contributed by atoms with van der Waals surface area (Å²) in [5.41, 5.74) is 3.08. The van der Waals surface area contributed by atoms with Crippen LogP contribution < -0.4 is 0 Å². The maximum atomic E-state index is 4.54. The zero-order chi connectivity index (χ0) is 15.9. The Hall–Kier alpha value is -3.26. The Morgan fingerprint density at radius 3 is 2.25 bits per heavy atom. The molecule has 2 heteroatoms. The van der Waals surface area contributed by atoms with Crippen molar-refractivity contribution >= 4 is 32.4 Å². The van der Waals surface area contributed by atoms with E-state index in [-0.39, 0.29) is 0 Å². The third-order valence-corrected chi connectivity index (χ3v) is 4.56. The van der Waals surface area contributed by atoms with Crippen LogP contribution in [0.2, 0.25) is 0 Å². The van der Waals surface area contributed by atoms with Gasteiger partial charge in [0.15, 0.2) is 0 Å². The fourth-order valence-corrected chi connectivity index (χ4v) is 3.40. The van der Waals surface area contributed by atoms with Crippen molar-refractivity contribution in [3.05, 3.63) is 85.2 Å². The molecule has 0 saturated heterocycles. The van der Waals surface area contributed by atoms with Gasteiger partial charge in [-0.1, -0.05) is 66.7 Å². The average molecular weight is 306 g/mol. The van der Waals surface area contributed by atoms with Gasteiger partial charge < -0.3 is 0 Å². The number of benzene rings is 4. The Kier molecular flexibility index (Phi) is 2.83. The predicted octanol–water partition coefficient (Wildman–Crippen LogP) is 5.60. The Morgan fingerprint density at radius 1 is 0.542 bits per heavy atom. The molecule has 2 nitrogen and oxygen atoms in total. The highest BCUT2D eigenvalue weighted by Gasteiger charge is 2.07. The van der Waals surface area contributed by atoms with E-state index in [9.17, 15) is 0 Å². The topological polar surface area (TPSA) is 25.8 Å². The van der Waals surface area contributed by atoms with E-state index in [2.05, 4.69) is 70.6 Å². The molecular formula is C22H14N2. The number of nitrogens with zero attached hydrogens (tertiary/aromatic N) is 2. The lowest BCUT2D eigenvalue weighted by Crippen LogP contribution is -1.89. The van der Waals surface area contributed by atoms with Crippen molar-refractivity contribution < 1.29 is 0 Å². The molecule has 0 unspecified atom stereocenters. The van der Waals surface area contributed by atoms with Crippen LogP contribution in [-0.2, 0) is 0 Å². The summed E-state index contributed by atoms with van der Waals surface area (Å²) in [7, 11) is 0. The van der Waals surface area contributed by atoms with Crippen LogP contribution in [0.3, 0.4) is 0 Å². The van der Waals surface area contributed by atoms with Gasteiger partial charge in [0.25, 0.3) is 0 Å². The van der Waals surface area contributed by atoms with E-state index in [1.54, 1.807) is 6.33 Å². The number of para-hydroxylation sites is 1. The highest BCUT2D eigenvalue weighted by Crippen LogP contribution is 2.31. The summed E-state index contributed by atoms with van der Waals surface area (Å²) in [6.07, 6.45) is 1.64. The van der Waals surface area contributed by atoms with Crippen LogP contribution in [0.5, 0.6) is 0 Å². The predicted molar refractivity (Wildman–Crippen MR) is 100.0 cm³/mol. The first-order valence-corrected chi connectivity index (χ1v) is 8.02. The second-order valence-corrected chi connectivity index (χ2v) is 5.96. The molecule has 1 aromatic heterocycles. The van der Waals surface area contributed by atoms with E-state index in [4.69, 9.17) is 0 Å². The van der Waals surface area contributed by atoms with Crippen molar-refractivity contribution in [1.29, 1.82) is 0 Å². The lowest BCUT2D eigenvalue weighted by atomic mass is 9.98. The summed E-state index contributed by atoms with van der Waals surface area (Å²) >= 11 is 0. The Balaban J connectivity index is 1.80. The normalized spacial score (nSPS) is 11.3. The third kappa shape index (κ3) is 1.97. The molecule has 1 heterocycles. The molecule has 0 amide bonds. The first-order valence-electron chi connectivity index (χ1n) is 8.02. The van der Waals surface area contributed by atoms with Crippen LogP contribution in [0.15, 0.2) is 85.2 Å². The maximum absolute atomic E-state index is 4.54. The molecule has 24 heavy (non-hydrogen) atoms. The van der Waals surface area contributed by atoms with Crippen LogP contribution in [0.25, 0.3) is 43.7 Å². The van der Waals surface area contributed by atoms with E-state index in [0.29, 0.717) is 0 Å². The minimum Gasteiger partial charge on any atom is -0.236 e. The SMILES string of the molecule is c1ccc2c(c1)ccc1cc(-c3ncnc4ccccc34)ccc12. The second-order valence-electron chi connectivity index (χ2n) is 5.96. The van der Waals surface area contributed by atoms with Crippen molar-refractivity contribution in [3.63, 3.8) is 0 Å². The van der Waals surface area contributed by atoms with Crippen molar-refractivity contribution in [2.75, 3.05) is 0 Å². The zero-order valence-electron chi connectivity index (χ0n) is 13.0. The lowest BCUT2D eigenvalue weighted by Gasteiger charge is -2.08. The number of fused-ring (bicyclic) bond motifs is 4. The molecule has 5 rings (SSSR count). The minimum absolute atomic E-state index is 0.973. The highest BCUT2D eigenvalue weighted by atomic mass is 14.8. The van der Waals surface area contributed by atoms with Crippen molar-refractivity contribution in [3.8, 4) is 11.3 Å². The molecule has 0 bridgehead atoms. The number of aromatic nitrogens is 2. The smallest absolute Gasteiger partial charge is 0.116 e. The molecular weight excluding hydrogens is 292 g/mol. The molecule has 0 aliphatic carbocycles. The summed E-state index contributed by atoms with van der Waals surface area (Å²) < 4.78 is 0. The monoisotopic (exact) mass is 306 g/mol. The van der Waals surface area contributed by atoms with E-state index < -0.39 is 0 Å². The van der Waals surface area contributed by atoms with Crippen molar-refractivity contribution in [2.24, 2.45) is 0 Å². The fourth-order valence-electron chi connectivity index (χ4n) is 3.40. The molecule has 0 fully saturated rings. The molecule has 4 aromatic carbocycles. The van der Waals surface area contributed by atoms with E-state index in [1.165, 1.54) is 21.5 Å². The Morgan fingerprint density at radius 2 is 1.29 bits per heavy atom. The molecule has 112 valence electrons. The number of hydrogen-bond acceptors (Lipinski definition) is 2. The van der Waals surface area contributed by atoms with Crippen LogP contribution >= 0.6 is 0 Å². The summed E-state index contributed by atoms with van der Waals surface area (Å²) in [5, 5.41) is 6.14. The molecule has 0 N–H and O–H groups in total. The van der Waals surface area contributed by atoms with E-state index >= 15 is 0 Å². The van der Waals surface area contributed by atoms with Crippen LogP contribution in [0.4, 0.5) is 0 Å². The van der Waals surface area contributed by atoms with Gasteiger partial charge in [-0.25, -0.2) is 9.97 Å². The molecule has 0 aliphatic rings. The fraction of sp³-hybridized carbons (Fsp3) is 0. The molecule has 0 saturated carbocycles. The zero-order valence-corrected chi connectivity index (χ0v) is 13.0. The minimum atomic E-state index is 0.973. The van der Waals surface area contributed by atoms with E-state index in [0.717, 1.165) is 22.2 Å². The van der Waals surface area contributed by atoms with Gasteiger partial charge in [0.1, 0.15) is 6.33 Å². The van der Waals surface area contributed by atoms with Crippen LogP contribution in [0.1, 0.15) is 0 Å². The number of rotatable bonds is 1. The van der Waals surface area contributed by atoms with Gasteiger partial charge in [0.2, 0.25) is 0 Å². The van der Waals surface area contributed by atoms with Crippen molar-refractivity contribution in [2.45, 2.75) is 0 Å². The molecule has 5 aromatic rings. The first-order chi connectivity index (χ1) is 11.9. The van der Waals surface area contributed by atoms with Gasteiger partial charge >= 0.3 is 0 Å². The largest absolute Gasteiger partial charge is 0.236 e. The Labute approximate surface area is 139 Å². The van der Waals surface area contributed by atoms with Crippen LogP contribution in [-0.4, -0.2) is 9.97 Å². The van der Waals surface area contributed by atoms with Gasteiger partial charge in [-0.15, -0.1) is 0 Å². The highest BCUT2D eigenvalue weighted by molar-refractivity contribution is 6.08.